The first-order chi connectivity index (χ1) is 14.6. The molecular weight excluding hydrogens is 378 g/mol. The normalized spacial score (nSPS) is 11.8. The van der Waals surface area contributed by atoms with Gasteiger partial charge in [-0.3, -0.25) is 9.59 Å². The molecule has 0 aliphatic carbocycles. The second-order valence-electron chi connectivity index (χ2n) is 6.98. The number of ether oxygens (including phenoxy) is 1. The number of hydrogen-bond acceptors (Lipinski definition) is 4. The number of nitrogens with one attached hydrogen (secondary N) is 1. The molecule has 0 saturated heterocycles. The maximum Gasteiger partial charge on any atom is 0.258 e. The van der Waals surface area contributed by atoms with Crippen molar-refractivity contribution >= 4 is 22.7 Å². The average molecular weight is 399 g/mol. The number of rotatable bonds is 7. The van der Waals surface area contributed by atoms with Crippen LogP contribution in [-0.2, 0) is 4.79 Å². The lowest BCUT2D eigenvalue weighted by Crippen LogP contribution is -2.31. The zero-order valence-corrected chi connectivity index (χ0v) is 16.5. The van der Waals surface area contributed by atoms with Crippen LogP contribution < -0.4 is 10.1 Å². The fraction of sp³-hybridized carbons (Fsp3) is 0.120. The maximum absolute atomic E-state index is 12.4. The molecule has 0 saturated carbocycles. The van der Waals surface area contributed by atoms with E-state index in [9.17, 15) is 9.59 Å². The summed E-state index contributed by atoms with van der Waals surface area (Å²) in [5.41, 5.74) is 1.98. The van der Waals surface area contributed by atoms with Gasteiger partial charge >= 0.3 is 0 Å². The summed E-state index contributed by atoms with van der Waals surface area (Å²) < 4.78 is 11.3. The molecule has 0 aliphatic heterocycles. The minimum Gasteiger partial charge on any atom is -0.484 e. The number of fused-ring (bicyclic) bond motifs is 1. The highest BCUT2D eigenvalue weighted by atomic mass is 16.5. The van der Waals surface area contributed by atoms with Crippen LogP contribution in [0.1, 0.15) is 34.6 Å². The minimum atomic E-state index is -0.278. The molecule has 0 bridgehead atoms. The third-order valence-corrected chi connectivity index (χ3v) is 4.77. The van der Waals surface area contributed by atoms with E-state index in [1.165, 1.54) is 0 Å². The molecule has 4 aromatic rings. The minimum absolute atomic E-state index is 0.0560. The van der Waals surface area contributed by atoms with Crippen molar-refractivity contribution in [2.45, 2.75) is 13.0 Å². The number of benzene rings is 3. The van der Waals surface area contributed by atoms with E-state index in [0.29, 0.717) is 22.6 Å². The Morgan fingerprint density at radius 1 is 0.900 bits per heavy atom. The Bertz CT molecular complexity index is 1130. The smallest absolute Gasteiger partial charge is 0.258 e. The summed E-state index contributed by atoms with van der Waals surface area (Å²) in [6, 6.07) is 25.2. The SMILES string of the molecule is C[C@@H](NC(=O)COc1ccc(C(=O)c2ccccc2)cc1)c1cc2ccccc2o1. The molecule has 5 nitrogen and oxygen atoms in total. The molecule has 1 amide bonds. The van der Waals surface area contributed by atoms with Crippen molar-refractivity contribution in [1.29, 1.82) is 0 Å². The van der Waals surface area contributed by atoms with Gasteiger partial charge in [-0.2, -0.15) is 0 Å². The van der Waals surface area contributed by atoms with E-state index in [2.05, 4.69) is 5.32 Å². The van der Waals surface area contributed by atoms with Crippen molar-refractivity contribution < 1.29 is 18.7 Å². The molecule has 0 unspecified atom stereocenters. The standard InChI is InChI=1S/C25H21NO4/c1-17(23-15-20-9-5-6-10-22(20)30-23)26-24(27)16-29-21-13-11-19(12-14-21)25(28)18-7-3-2-4-8-18/h2-15,17H,16H2,1H3,(H,26,27)/t17-/m1/s1. The van der Waals surface area contributed by atoms with Crippen LogP contribution in [0.3, 0.4) is 0 Å². The van der Waals surface area contributed by atoms with E-state index in [-0.39, 0.29) is 24.3 Å². The summed E-state index contributed by atoms with van der Waals surface area (Å²) in [6.07, 6.45) is 0. The Labute approximate surface area is 174 Å². The van der Waals surface area contributed by atoms with E-state index < -0.39 is 0 Å². The lowest BCUT2D eigenvalue weighted by molar-refractivity contribution is -0.123. The fourth-order valence-corrected chi connectivity index (χ4v) is 3.18. The number of amides is 1. The first-order valence-electron chi connectivity index (χ1n) is 9.70. The van der Waals surface area contributed by atoms with Crippen molar-refractivity contribution in [2.75, 3.05) is 6.61 Å². The Kier molecular flexibility index (Phi) is 5.61. The van der Waals surface area contributed by atoms with Crippen LogP contribution in [-0.4, -0.2) is 18.3 Å². The van der Waals surface area contributed by atoms with Crippen molar-refractivity contribution in [3.05, 3.63) is 102 Å². The summed E-state index contributed by atoms with van der Waals surface area (Å²) in [5.74, 6) is 0.895. The molecular formula is C25H21NO4. The van der Waals surface area contributed by atoms with Gasteiger partial charge in [-0.15, -0.1) is 0 Å². The second kappa shape index (κ2) is 8.66. The molecule has 1 aromatic heterocycles. The van der Waals surface area contributed by atoms with Crippen molar-refractivity contribution in [3.8, 4) is 5.75 Å². The van der Waals surface area contributed by atoms with E-state index >= 15 is 0 Å². The van der Waals surface area contributed by atoms with E-state index in [1.807, 2.05) is 55.5 Å². The molecule has 150 valence electrons. The predicted molar refractivity (Wildman–Crippen MR) is 115 cm³/mol. The number of carbonyl (C=O) groups excluding carboxylic acids is 2. The van der Waals surface area contributed by atoms with Gasteiger partial charge in [0.2, 0.25) is 0 Å². The molecule has 0 aliphatic rings. The third kappa shape index (κ3) is 4.41. The Morgan fingerprint density at radius 2 is 1.57 bits per heavy atom. The van der Waals surface area contributed by atoms with Gasteiger partial charge in [-0.05, 0) is 43.3 Å². The maximum atomic E-state index is 12.4. The van der Waals surface area contributed by atoms with Crippen molar-refractivity contribution in [2.24, 2.45) is 0 Å². The molecule has 0 spiro atoms. The zero-order valence-electron chi connectivity index (χ0n) is 16.5. The molecule has 4 rings (SSSR count). The number of para-hydroxylation sites is 1. The molecule has 1 heterocycles. The molecule has 1 atom stereocenters. The Balaban J connectivity index is 1.31. The molecule has 3 aromatic carbocycles. The van der Waals surface area contributed by atoms with E-state index in [4.69, 9.17) is 9.15 Å². The number of carbonyl (C=O) groups is 2. The Hall–Kier alpha value is -3.86. The zero-order chi connectivity index (χ0) is 20.9. The highest BCUT2D eigenvalue weighted by Gasteiger charge is 2.15. The molecule has 0 radical (unpaired) electrons. The average Bonchev–Trinajstić information content (AvgIpc) is 3.23. The van der Waals surface area contributed by atoms with Crippen molar-refractivity contribution in [1.82, 2.24) is 5.32 Å². The quantitative estimate of drug-likeness (QED) is 0.448. The highest BCUT2D eigenvalue weighted by Crippen LogP contribution is 2.23. The molecule has 5 heteroatoms. The van der Waals surface area contributed by atoms with Gasteiger partial charge in [0.15, 0.2) is 12.4 Å². The van der Waals surface area contributed by atoms with Crippen LogP contribution in [0.15, 0.2) is 89.3 Å². The van der Waals surface area contributed by atoms with E-state index in [1.54, 1.807) is 36.4 Å². The first kappa shape index (κ1) is 19.5. The summed E-state index contributed by atoms with van der Waals surface area (Å²) >= 11 is 0. The van der Waals surface area contributed by atoms with Crippen LogP contribution in [0, 0.1) is 0 Å². The van der Waals surface area contributed by atoms with Crippen LogP contribution in [0.4, 0.5) is 0 Å². The van der Waals surface area contributed by atoms with Gasteiger partial charge < -0.3 is 14.5 Å². The Morgan fingerprint density at radius 3 is 2.30 bits per heavy atom. The van der Waals surface area contributed by atoms with Gasteiger partial charge in [0.05, 0.1) is 6.04 Å². The number of furan rings is 1. The number of hydrogen-bond donors (Lipinski definition) is 1. The van der Waals surface area contributed by atoms with Gasteiger partial charge in [-0.1, -0.05) is 48.5 Å². The summed E-state index contributed by atoms with van der Waals surface area (Å²) in [5, 5.41) is 3.86. The number of ketones is 1. The fourth-order valence-electron chi connectivity index (χ4n) is 3.18. The lowest BCUT2D eigenvalue weighted by Gasteiger charge is -2.12. The monoisotopic (exact) mass is 399 g/mol. The van der Waals surface area contributed by atoms with Gasteiger partial charge in [0, 0.05) is 16.5 Å². The molecule has 1 N–H and O–H groups in total. The molecule has 30 heavy (non-hydrogen) atoms. The van der Waals surface area contributed by atoms with Crippen LogP contribution in [0.2, 0.25) is 0 Å². The van der Waals surface area contributed by atoms with Gasteiger partial charge in [0.25, 0.3) is 5.91 Å². The van der Waals surface area contributed by atoms with Crippen LogP contribution in [0.25, 0.3) is 11.0 Å². The van der Waals surface area contributed by atoms with Crippen LogP contribution in [0.5, 0.6) is 5.75 Å². The summed E-state index contributed by atoms with van der Waals surface area (Å²) in [6.45, 7) is 1.73. The van der Waals surface area contributed by atoms with E-state index in [0.717, 1.165) is 11.0 Å². The predicted octanol–water partition coefficient (Wildman–Crippen LogP) is 4.92. The lowest BCUT2D eigenvalue weighted by atomic mass is 10.0. The summed E-state index contributed by atoms with van der Waals surface area (Å²) in [7, 11) is 0. The highest BCUT2D eigenvalue weighted by molar-refractivity contribution is 6.09. The van der Waals surface area contributed by atoms with Crippen LogP contribution >= 0.6 is 0 Å². The molecule has 0 fully saturated rings. The largest absolute Gasteiger partial charge is 0.484 e. The topological polar surface area (TPSA) is 68.5 Å². The van der Waals surface area contributed by atoms with Gasteiger partial charge in [0.1, 0.15) is 17.1 Å². The second-order valence-corrected chi connectivity index (χ2v) is 6.98. The third-order valence-electron chi connectivity index (χ3n) is 4.77. The van der Waals surface area contributed by atoms with Gasteiger partial charge in [-0.25, -0.2) is 0 Å². The summed E-state index contributed by atoms with van der Waals surface area (Å²) in [4.78, 5) is 24.7. The van der Waals surface area contributed by atoms with Crippen molar-refractivity contribution in [3.63, 3.8) is 0 Å². The first-order valence-corrected chi connectivity index (χ1v) is 9.70.